The molecule has 1 aliphatic carbocycles. The number of thiophene rings is 1. The quantitative estimate of drug-likeness (QED) is 0.917. The Morgan fingerprint density at radius 1 is 1.56 bits per heavy atom. The second kappa shape index (κ2) is 5.24. The van der Waals surface area contributed by atoms with Gasteiger partial charge in [-0.1, -0.05) is 0 Å². The van der Waals surface area contributed by atoms with Crippen LogP contribution in [0.4, 0.5) is 0 Å². The summed E-state index contributed by atoms with van der Waals surface area (Å²) in [6, 6.07) is 2.84. The van der Waals surface area contributed by atoms with Crippen LogP contribution in [-0.4, -0.2) is 16.3 Å². The molecule has 96 valence electrons. The molecule has 1 N–H and O–H groups in total. The van der Waals surface area contributed by atoms with Crippen molar-refractivity contribution in [3.05, 3.63) is 39.8 Å². The molecule has 1 unspecified atom stereocenters. The lowest BCUT2D eigenvalue weighted by Crippen LogP contribution is -2.27. The van der Waals surface area contributed by atoms with Gasteiger partial charge < -0.3 is 5.32 Å². The average molecular weight is 261 g/mol. The minimum atomic E-state index is 0.552. The molecule has 0 aromatic carbocycles. The second-order valence-electron chi connectivity index (χ2n) is 4.98. The van der Waals surface area contributed by atoms with Crippen molar-refractivity contribution in [3.63, 3.8) is 0 Å². The number of fused-ring (bicyclic) bond motifs is 1. The predicted molar refractivity (Wildman–Crippen MR) is 75.0 cm³/mol. The van der Waals surface area contributed by atoms with Gasteiger partial charge in [0.2, 0.25) is 0 Å². The molecule has 2 aromatic heterocycles. The summed E-state index contributed by atoms with van der Waals surface area (Å²) in [6.45, 7) is 4.01. The highest BCUT2D eigenvalue weighted by Gasteiger charge is 2.20. The first-order valence-electron chi connectivity index (χ1n) is 6.61. The fourth-order valence-electron chi connectivity index (χ4n) is 2.64. The van der Waals surface area contributed by atoms with Gasteiger partial charge in [0, 0.05) is 23.7 Å². The van der Waals surface area contributed by atoms with Gasteiger partial charge in [-0.3, -0.25) is 4.68 Å². The van der Waals surface area contributed by atoms with Crippen molar-refractivity contribution >= 4 is 11.3 Å². The average Bonchev–Trinajstić information content (AvgIpc) is 2.98. The zero-order valence-electron chi connectivity index (χ0n) is 10.7. The lowest BCUT2D eigenvalue weighted by molar-refractivity contribution is 0.440. The normalized spacial score (nSPS) is 18.8. The van der Waals surface area contributed by atoms with Crippen molar-refractivity contribution in [2.75, 3.05) is 6.54 Å². The van der Waals surface area contributed by atoms with Crippen LogP contribution in [0.5, 0.6) is 0 Å². The third-order valence-electron chi connectivity index (χ3n) is 3.55. The van der Waals surface area contributed by atoms with Crippen molar-refractivity contribution in [1.82, 2.24) is 15.1 Å². The molecule has 0 aliphatic heterocycles. The summed E-state index contributed by atoms with van der Waals surface area (Å²) in [7, 11) is 0. The molecule has 0 saturated carbocycles. The summed E-state index contributed by atoms with van der Waals surface area (Å²) in [4.78, 5) is 1.58. The van der Waals surface area contributed by atoms with E-state index in [1.54, 1.807) is 4.88 Å². The van der Waals surface area contributed by atoms with Crippen molar-refractivity contribution in [2.24, 2.45) is 0 Å². The molecule has 0 saturated heterocycles. The van der Waals surface area contributed by atoms with Crippen LogP contribution in [0.3, 0.4) is 0 Å². The van der Waals surface area contributed by atoms with Crippen LogP contribution in [0.1, 0.15) is 34.9 Å². The third kappa shape index (κ3) is 2.49. The van der Waals surface area contributed by atoms with Gasteiger partial charge in [0.25, 0.3) is 0 Å². The number of hydrogen-bond acceptors (Lipinski definition) is 3. The van der Waals surface area contributed by atoms with Gasteiger partial charge in [-0.15, -0.1) is 11.3 Å². The number of nitrogens with one attached hydrogen (secondary N) is 1. The fraction of sp³-hybridized carbons (Fsp3) is 0.500. The topological polar surface area (TPSA) is 29.9 Å². The Balaban J connectivity index is 1.55. The molecule has 0 radical (unpaired) electrons. The van der Waals surface area contributed by atoms with Gasteiger partial charge >= 0.3 is 0 Å². The van der Waals surface area contributed by atoms with Crippen LogP contribution in [-0.2, 0) is 13.0 Å². The van der Waals surface area contributed by atoms with Gasteiger partial charge in [-0.2, -0.15) is 5.10 Å². The Hall–Kier alpha value is -1.13. The first-order valence-corrected chi connectivity index (χ1v) is 7.49. The molecule has 0 fully saturated rings. The molecule has 3 rings (SSSR count). The predicted octanol–water partition coefficient (Wildman–Crippen LogP) is 2.92. The highest BCUT2D eigenvalue weighted by Crippen LogP contribution is 2.32. The molecule has 3 nitrogen and oxygen atoms in total. The molecule has 18 heavy (non-hydrogen) atoms. The van der Waals surface area contributed by atoms with Crippen molar-refractivity contribution in [1.29, 1.82) is 0 Å². The standard InChI is InChI=1S/C14H19N3S/c1-11-9-16-17(10-11)7-6-15-13-3-2-4-14-12(13)5-8-18-14/h5,8-10,13,15H,2-4,6-7H2,1H3. The van der Waals surface area contributed by atoms with Crippen molar-refractivity contribution in [2.45, 2.75) is 38.8 Å². The smallest absolute Gasteiger partial charge is 0.0534 e. The number of hydrogen-bond donors (Lipinski definition) is 1. The van der Waals surface area contributed by atoms with Gasteiger partial charge in [0.1, 0.15) is 0 Å². The van der Waals surface area contributed by atoms with Crippen LogP contribution in [0.25, 0.3) is 0 Å². The zero-order valence-corrected chi connectivity index (χ0v) is 11.5. The maximum Gasteiger partial charge on any atom is 0.0534 e. The van der Waals surface area contributed by atoms with Crippen LogP contribution < -0.4 is 5.32 Å². The number of nitrogens with zero attached hydrogens (tertiary/aromatic N) is 2. The molecule has 2 aromatic rings. The fourth-order valence-corrected chi connectivity index (χ4v) is 3.63. The molecule has 1 atom stereocenters. The number of aromatic nitrogens is 2. The number of rotatable bonds is 4. The van der Waals surface area contributed by atoms with Crippen LogP contribution >= 0.6 is 11.3 Å². The van der Waals surface area contributed by atoms with E-state index < -0.39 is 0 Å². The zero-order chi connectivity index (χ0) is 12.4. The maximum absolute atomic E-state index is 4.31. The molecule has 0 spiro atoms. The molecule has 2 heterocycles. The molecule has 0 bridgehead atoms. The molecule has 0 amide bonds. The van der Waals surface area contributed by atoms with Crippen LogP contribution in [0, 0.1) is 6.92 Å². The Morgan fingerprint density at radius 2 is 2.50 bits per heavy atom. The highest BCUT2D eigenvalue weighted by molar-refractivity contribution is 7.10. The van der Waals surface area contributed by atoms with E-state index in [0.717, 1.165) is 13.1 Å². The molecule has 4 heteroatoms. The summed E-state index contributed by atoms with van der Waals surface area (Å²) in [6.07, 6.45) is 7.85. The van der Waals surface area contributed by atoms with E-state index in [4.69, 9.17) is 0 Å². The van der Waals surface area contributed by atoms with E-state index in [-0.39, 0.29) is 0 Å². The minimum absolute atomic E-state index is 0.552. The summed E-state index contributed by atoms with van der Waals surface area (Å²) < 4.78 is 2.01. The van der Waals surface area contributed by atoms with Crippen LogP contribution in [0.15, 0.2) is 23.8 Å². The van der Waals surface area contributed by atoms with Crippen LogP contribution in [0.2, 0.25) is 0 Å². The summed E-state index contributed by atoms with van der Waals surface area (Å²) >= 11 is 1.90. The second-order valence-corrected chi connectivity index (χ2v) is 5.98. The highest BCUT2D eigenvalue weighted by atomic mass is 32.1. The van der Waals surface area contributed by atoms with E-state index in [1.807, 2.05) is 22.2 Å². The van der Waals surface area contributed by atoms with Gasteiger partial charge in [-0.05, 0) is 48.8 Å². The largest absolute Gasteiger partial charge is 0.308 e. The van der Waals surface area contributed by atoms with Crippen molar-refractivity contribution < 1.29 is 0 Å². The lowest BCUT2D eigenvalue weighted by Gasteiger charge is -2.23. The summed E-state index contributed by atoms with van der Waals surface area (Å²) in [5.74, 6) is 0. The molecular weight excluding hydrogens is 242 g/mol. The van der Waals surface area contributed by atoms with Crippen molar-refractivity contribution in [3.8, 4) is 0 Å². The van der Waals surface area contributed by atoms with Gasteiger partial charge in [0.15, 0.2) is 0 Å². The Labute approximate surface area is 112 Å². The lowest BCUT2D eigenvalue weighted by atomic mass is 9.94. The first kappa shape index (κ1) is 11.9. The van der Waals surface area contributed by atoms with E-state index >= 15 is 0 Å². The maximum atomic E-state index is 4.31. The minimum Gasteiger partial charge on any atom is -0.308 e. The number of aryl methyl sites for hydroxylation is 2. The Bertz CT molecular complexity index is 515. The van der Waals surface area contributed by atoms with E-state index in [9.17, 15) is 0 Å². The Kier molecular flexibility index (Phi) is 3.48. The molecule has 1 aliphatic rings. The summed E-state index contributed by atoms with van der Waals surface area (Å²) in [5.41, 5.74) is 2.76. The van der Waals surface area contributed by atoms with E-state index in [2.05, 4.69) is 35.0 Å². The van der Waals surface area contributed by atoms with Gasteiger partial charge in [-0.25, -0.2) is 0 Å². The SMILES string of the molecule is Cc1cnn(CCNC2CCCc3sccc32)c1. The molecular formula is C14H19N3S. The van der Waals surface area contributed by atoms with Gasteiger partial charge in [0.05, 0.1) is 12.7 Å². The monoisotopic (exact) mass is 261 g/mol. The van der Waals surface area contributed by atoms with E-state index in [1.165, 1.54) is 30.4 Å². The summed E-state index contributed by atoms with van der Waals surface area (Å²) in [5, 5.41) is 10.2. The first-order chi connectivity index (χ1) is 8.83. The Morgan fingerprint density at radius 3 is 3.33 bits per heavy atom. The van der Waals surface area contributed by atoms with E-state index in [0.29, 0.717) is 6.04 Å². The third-order valence-corrected chi connectivity index (χ3v) is 4.54.